The highest BCUT2D eigenvalue weighted by atomic mass is 35.5. The van der Waals surface area contributed by atoms with Crippen LogP contribution in [0.15, 0.2) is 77.7 Å². The van der Waals surface area contributed by atoms with Gasteiger partial charge < -0.3 is 5.32 Å². The molecule has 1 amide bonds. The first kappa shape index (κ1) is 20.9. The maximum absolute atomic E-state index is 13.4. The summed E-state index contributed by atoms with van der Waals surface area (Å²) in [6, 6.07) is 20.5. The number of carbonyl (C=O) groups is 1. The van der Waals surface area contributed by atoms with Crippen molar-refractivity contribution in [2.24, 2.45) is 0 Å². The Kier molecular flexibility index (Phi) is 6.25. The molecule has 0 saturated carbocycles. The zero-order chi connectivity index (χ0) is 21.0. The summed E-state index contributed by atoms with van der Waals surface area (Å²) in [5.41, 5.74) is 2.96. The van der Waals surface area contributed by atoms with E-state index in [1.54, 1.807) is 48.5 Å². The van der Waals surface area contributed by atoms with E-state index in [1.165, 1.54) is 23.4 Å². The van der Waals surface area contributed by atoms with Gasteiger partial charge in [0, 0.05) is 17.6 Å². The number of aryl methyl sites for hydroxylation is 1. The van der Waals surface area contributed by atoms with E-state index in [9.17, 15) is 13.2 Å². The third-order valence-corrected chi connectivity index (χ3v) is 6.36. The minimum Gasteiger partial charge on any atom is -0.326 e. The largest absolute Gasteiger partial charge is 0.326 e. The highest BCUT2D eigenvalue weighted by Gasteiger charge is 2.25. The number of carbonyl (C=O) groups excluding carboxylic acids is 1. The Morgan fingerprint density at radius 1 is 0.931 bits per heavy atom. The molecule has 3 aromatic rings. The number of nitrogens with one attached hydrogen (secondary N) is 1. The van der Waals surface area contributed by atoms with Crippen molar-refractivity contribution in [3.63, 3.8) is 0 Å². The van der Waals surface area contributed by atoms with Crippen LogP contribution in [0.25, 0.3) is 0 Å². The highest BCUT2D eigenvalue weighted by molar-refractivity contribution is 7.92. The van der Waals surface area contributed by atoms with Crippen LogP contribution in [0.4, 0.5) is 11.4 Å². The van der Waals surface area contributed by atoms with Crippen molar-refractivity contribution in [1.29, 1.82) is 0 Å². The van der Waals surface area contributed by atoms with Gasteiger partial charge in [0.15, 0.2) is 0 Å². The van der Waals surface area contributed by atoms with Crippen molar-refractivity contribution >= 4 is 38.9 Å². The van der Waals surface area contributed by atoms with Crippen molar-refractivity contribution in [2.75, 3.05) is 9.62 Å². The fourth-order valence-electron chi connectivity index (χ4n) is 2.82. The smallest absolute Gasteiger partial charge is 0.264 e. The summed E-state index contributed by atoms with van der Waals surface area (Å²) < 4.78 is 28.2. The van der Waals surface area contributed by atoms with Gasteiger partial charge in [-0.25, -0.2) is 8.42 Å². The topological polar surface area (TPSA) is 66.5 Å². The van der Waals surface area contributed by atoms with Crippen LogP contribution in [-0.4, -0.2) is 14.3 Å². The number of hydrogen-bond acceptors (Lipinski definition) is 3. The third-order valence-electron chi connectivity index (χ3n) is 4.32. The maximum atomic E-state index is 13.4. The van der Waals surface area contributed by atoms with Crippen molar-refractivity contribution in [3.8, 4) is 0 Å². The maximum Gasteiger partial charge on any atom is 0.264 e. The molecule has 0 aliphatic heterocycles. The minimum atomic E-state index is -3.83. The van der Waals surface area contributed by atoms with E-state index in [0.717, 1.165) is 11.1 Å². The number of rotatable bonds is 6. The molecule has 3 aromatic carbocycles. The molecule has 5 nitrogen and oxygen atoms in total. The van der Waals surface area contributed by atoms with Crippen LogP contribution >= 0.6 is 11.6 Å². The second-order valence-corrected chi connectivity index (χ2v) is 8.98. The quantitative estimate of drug-likeness (QED) is 0.600. The fourth-order valence-corrected chi connectivity index (χ4v) is 4.40. The van der Waals surface area contributed by atoms with Gasteiger partial charge in [0.05, 0.1) is 17.1 Å². The molecule has 0 spiro atoms. The fraction of sp³-hybridized carbons (Fsp3) is 0.136. The van der Waals surface area contributed by atoms with Crippen molar-refractivity contribution in [1.82, 2.24) is 0 Å². The predicted molar refractivity (Wildman–Crippen MR) is 117 cm³/mol. The van der Waals surface area contributed by atoms with Gasteiger partial charge in [-0.3, -0.25) is 9.10 Å². The molecule has 7 heteroatoms. The molecule has 150 valence electrons. The summed E-state index contributed by atoms with van der Waals surface area (Å²) in [6.07, 6.45) is 0. The number of sulfonamides is 1. The molecule has 0 bridgehead atoms. The lowest BCUT2D eigenvalue weighted by atomic mass is 10.2. The normalized spacial score (nSPS) is 11.1. The van der Waals surface area contributed by atoms with Gasteiger partial charge in [0.25, 0.3) is 10.0 Å². The van der Waals surface area contributed by atoms with E-state index in [2.05, 4.69) is 5.32 Å². The first-order valence-electron chi connectivity index (χ1n) is 8.97. The van der Waals surface area contributed by atoms with Crippen molar-refractivity contribution in [3.05, 3.63) is 88.9 Å². The molecule has 0 unspecified atom stereocenters. The number of anilines is 2. The monoisotopic (exact) mass is 428 g/mol. The molecule has 0 saturated heterocycles. The molecule has 3 rings (SSSR count). The lowest BCUT2D eigenvalue weighted by Gasteiger charge is -2.25. The SMILES string of the molecule is CC(=O)Nc1ccc(S(=O)(=O)N(Cc2ccc(Cl)cc2)c2ccc(C)cc2)cc1. The number of amides is 1. The van der Waals surface area contributed by atoms with E-state index in [0.29, 0.717) is 16.4 Å². The van der Waals surface area contributed by atoms with E-state index in [4.69, 9.17) is 11.6 Å². The molecule has 29 heavy (non-hydrogen) atoms. The van der Waals surface area contributed by atoms with Crippen molar-refractivity contribution in [2.45, 2.75) is 25.3 Å². The van der Waals surface area contributed by atoms with Crippen LogP contribution in [0.2, 0.25) is 5.02 Å². The molecule has 0 aliphatic rings. The van der Waals surface area contributed by atoms with E-state index in [1.807, 2.05) is 19.1 Å². The van der Waals surface area contributed by atoms with Crippen molar-refractivity contribution < 1.29 is 13.2 Å². The number of halogens is 1. The van der Waals surface area contributed by atoms with Gasteiger partial charge in [-0.1, -0.05) is 41.4 Å². The first-order chi connectivity index (χ1) is 13.8. The Balaban J connectivity index is 2.00. The van der Waals surface area contributed by atoms with Crippen LogP contribution in [0.5, 0.6) is 0 Å². The molecular formula is C22H21ClN2O3S. The van der Waals surface area contributed by atoms with Gasteiger partial charge >= 0.3 is 0 Å². The van der Waals surface area contributed by atoms with E-state index >= 15 is 0 Å². The second-order valence-electron chi connectivity index (χ2n) is 6.68. The molecule has 0 aliphatic carbocycles. The molecule has 0 aromatic heterocycles. The van der Waals surface area contributed by atoms with Gasteiger partial charge in [-0.15, -0.1) is 0 Å². The first-order valence-corrected chi connectivity index (χ1v) is 10.8. The highest BCUT2D eigenvalue weighted by Crippen LogP contribution is 2.27. The van der Waals surface area contributed by atoms with Gasteiger partial charge in [-0.05, 0) is 61.0 Å². The van der Waals surface area contributed by atoms with Gasteiger partial charge in [-0.2, -0.15) is 0 Å². The van der Waals surface area contributed by atoms with Crippen LogP contribution in [0.3, 0.4) is 0 Å². The Hall–Kier alpha value is -2.83. The predicted octanol–water partition coefficient (Wildman–Crippen LogP) is 5.00. The summed E-state index contributed by atoms with van der Waals surface area (Å²) in [6.45, 7) is 3.51. The molecular weight excluding hydrogens is 408 g/mol. The third kappa shape index (κ3) is 5.16. The van der Waals surface area contributed by atoms with Gasteiger partial charge in [0.2, 0.25) is 5.91 Å². The molecule has 0 fully saturated rings. The second kappa shape index (κ2) is 8.68. The average Bonchev–Trinajstić information content (AvgIpc) is 2.68. The molecule has 0 radical (unpaired) electrons. The Morgan fingerprint density at radius 2 is 1.52 bits per heavy atom. The molecule has 0 heterocycles. The number of benzene rings is 3. The number of hydrogen-bond donors (Lipinski definition) is 1. The average molecular weight is 429 g/mol. The summed E-state index contributed by atoms with van der Waals surface area (Å²) in [4.78, 5) is 11.3. The Labute approximate surface area is 176 Å². The van der Waals surface area contributed by atoms with E-state index in [-0.39, 0.29) is 17.3 Å². The molecule has 0 atom stereocenters. The lowest BCUT2D eigenvalue weighted by molar-refractivity contribution is -0.114. The molecule has 1 N–H and O–H groups in total. The van der Waals surface area contributed by atoms with E-state index < -0.39 is 10.0 Å². The Bertz CT molecular complexity index is 1090. The van der Waals surface area contributed by atoms with Gasteiger partial charge in [0.1, 0.15) is 0 Å². The zero-order valence-corrected chi connectivity index (χ0v) is 17.7. The Morgan fingerprint density at radius 3 is 2.07 bits per heavy atom. The van der Waals surface area contributed by atoms with Crippen LogP contribution in [-0.2, 0) is 21.4 Å². The standard InChI is InChI=1S/C22H21ClN2O3S/c1-16-3-11-21(12-4-16)25(15-18-5-7-19(23)8-6-18)29(27,28)22-13-9-20(10-14-22)24-17(2)26/h3-14H,15H2,1-2H3,(H,24,26). The zero-order valence-electron chi connectivity index (χ0n) is 16.1. The summed E-state index contributed by atoms with van der Waals surface area (Å²) in [7, 11) is -3.83. The van der Waals surface area contributed by atoms with Crippen LogP contribution < -0.4 is 9.62 Å². The minimum absolute atomic E-state index is 0.140. The van der Waals surface area contributed by atoms with Crippen LogP contribution in [0, 0.1) is 6.92 Å². The number of nitrogens with zero attached hydrogens (tertiary/aromatic N) is 1. The summed E-state index contributed by atoms with van der Waals surface area (Å²) >= 11 is 5.96. The lowest BCUT2D eigenvalue weighted by Crippen LogP contribution is -2.30. The summed E-state index contributed by atoms with van der Waals surface area (Å²) in [5, 5.41) is 3.23. The van der Waals surface area contributed by atoms with Crippen LogP contribution in [0.1, 0.15) is 18.1 Å². The summed E-state index contributed by atoms with van der Waals surface area (Å²) in [5.74, 6) is -0.218.